The van der Waals surface area contributed by atoms with Crippen molar-refractivity contribution in [2.24, 2.45) is 0 Å². The van der Waals surface area contributed by atoms with Crippen molar-refractivity contribution >= 4 is 28.9 Å². The molecule has 0 saturated carbocycles. The van der Waals surface area contributed by atoms with E-state index in [0.717, 1.165) is 11.3 Å². The number of non-ortho nitro benzene ring substituents is 1. The highest BCUT2D eigenvalue weighted by Crippen LogP contribution is 2.23. The second-order valence-electron chi connectivity index (χ2n) is 7.59. The highest BCUT2D eigenvalue weighted by molar-refractivity contribution is 6.30. The van der Waals surface area contributed by atoms with Gasteiger partial charge >= 0.3 is 0 Å². The van der Waals surface area contributed by atoms with Crippen LogP contribution in [0.2, 0.25) is 5.02 Å². The van der Waals surface area contributed by atoms with E-state index in [-0.39, 0.29) is 18.1 Å². The lowest BCUT2D eigenvalue weighted by molar-refractivity contribution is -0.384. The number of ether oxygens (including phenoxy) is 1. The van der Waals surface area contributed by atoms with Crippen LogP contribution >= 0.6 is 11.6 Å². The van der Waals surface area contributed by atoms with Crippen molar-refractivity contribution in [3.63, 3.8) is 0 Å². The van der Waals surface area contributed by atoms with Crippen molar-refractivity contribution in [3.8, 4) is 5.75 Å². The molecule has 0 bridgehead atoms. The summed E-state index contributed by atoms with van der Waals surface area (Å²) in [5.74, 6) is 0.610. The molecule has 34 heavy (non-hydrogen) atoms. The molecule has 0 aliphatic rings. The van der Waals surface area contributed by atoms with Crippen LogP contribution in [0.1, 0.15) is 33.3 Å². The molecule has 0 aliphatic heterocycles. The van der Waals surface area contributed by atoms with E-state index in [1.165, 1.54) is 24.3 Å². The standard InChI is InChI=1S/C24H21ClN4O5/c1-15-23(16(2)28(27-15)13-17-4-3-5-18(25)12-17)26-24(30)22-11-10-21(34-22)14-33-20-8-6-19(7-9-20)29(31)32/h3-12H,13-14H2,1-2H3,(H,26,30). The van der Waals surface area contributed by atoms with Crippen LogP contribution in [0.25, 0.3) is 0 Å². The number of nitrogens with one attached hydrogen (secondary N) is 1. The normalized spacial score (nSPS) is 10.8. The third-order valence-electron chi connectivity index (χ3n) is 5.16. The van der Waals surface area contributed by atoms with Gasteiger partial charge in [0.05, 0.1) is 28.5 Å². The molecule has 1 amide bonds. The Morgan fingerprint density at radius 2 is 1.94 bits per heavy atom. The van der Waals surface area contributed by atoms with E-state index in [9.17, 15) is 14.9 Å². The Morgan fingerprint density at radius 1 is 1.18 bits per heavy atom. The Balaban J connectivity index is 1.39. The van der Waals surface area contributed by atoms with Crippen molar-refractivity contribution in [1.82, 2.24) is 9.78 Å². The SMILES string of the molecule is Cc1nn(Cc2cccc(Cl)c2)c(C)c1NC(=O)c1ccc(COc2ccc([N+](=O)[O-])cc2)o1. The quantitative estimate of drug-likeness (QED) is 0.262. The van der Waals surface area contributed by atoms with Crippen molar-refractivity contribution in [2.45, 2.75) is 27.0 Å². The molecule has 0 atom stereocenters. The summed E-state index contributed by atoms with van der Waals surface area (Å²) in [7, 11) is 0. The third-order valence-corrected chi connectivity index (χ3v) is 5.39. The molecule has 0 saturated heterocycles. The van der Waals surface area contributed by atoms with Gasteiger partial charge in [0, 0.05) is 17.2 Å². The summed E-state index contributed by atoms with van der Waals surface area (Å²) in [6, 6.07) is 16.4. The molecular formula is C24H21ClN4O5. The topological polar surface area (TPSA) is 112 Å². The van der Waals surface area contributed by atoms with Gasteiger partial charge in [0.25, 0.3) is 11.6 Å². The highest BCUT2D eigenvalue weighted by atomic mass is 35.5. The first-order valence-corrected chi connectivity index (χ1v) is 10.7. The van der Waals surface area contributed by atoms with Crippen LogP contribution in [0.15, 0.2) is 65.1 Å². The zero-order chi connectivity index (χ0) is 24.2. The Kier molecular flexibility index (Phi) is 6.65. The predicted molar refractivity (Wildman–Crippen MR) is 126 cm³/mol. The summed E-state index contributed by atoms with van der Waals surface area (Å²) in [5.41, 5.74) is 3.08. The van der Waals surface area contributed by atoms with E-state index >= 15 is 0 Å². The van der Waals surface area contributed by atoms with Crippen molar-refractivity contribution < 1.29 is 18.9 Å². The number of nitro groups is 1. The maximum atomic E-state index is 12.8. The molecule has 0 fully saturated rings. The zero-order valence-corrected chi connectivity index (χ0v) is 19.2. The number of furan rings is 1. The molecule has 4 rings (SSSR count). The smallest absolute Gasteiger partial charge is 0.291 e. The molecule has 2 heterocycles. The first kappa shape index (κ1) is 23.1. The number of amides is 1. The van der Waals surface area contributed by atoms with E-state index in [2.05, 4.69) is 10.4 Å². The number of nitrogens with zero attached hydrogens (tertiary/aromatic N) is 3. The lowest BCUT2D eigenvalue weighted by Gasteiger charge is -2.07. The molecule has 2 aromatic carbocycles. The number of anilines is 1. The number of nitro benzene ring substituents is 1. The van der Waals surface area contributed by atoms with Gasteiger partial charge in [0.1, 0.15) is 18.1 Å². The summed E-state index contributed by atoms with van der Waals surface area (Å²) in [5, 5.41) is 18.8. The fourth-order valence-corrected chi connectivity index (χ4v) is 3.62. The van der Waals surface area contributed by atoms with E-state index < -0.39 is 10.8 Å². The van der Waals surface area contributed by atoms with Crippen LogP contribution in [0.5, 0.6) is 5.75 Å². The predicted octanol–water partition coefficient (Wildman–Crippen LogP) is 5.53. The van der Waals surface area contributed by atoms with Gasteiger partial charge in [0.15, 0.2) is 5.76 Å². The summed E-state index contributed by atoms with van der Waals surface area (Å²) in [4.78, 5) is 23.0. The molecule has 1 N–H and O–H groups in total. The van der Waals surface area contributed by atoms with Crippen molar-refractivity contribution in [1.29, 1.82) is 0 Å². The van der Waals surface area contributed by atoms with Crippen LogP contribution in [-0.2, 0) is 13.2 Å². The third kappa shape index (κ3) is 5.26. The highest BCUT2D eigenvalue weighted by Gasteiger charge is 2.18. The molecule has 0 spiro atoms. The Labute approximate surface area is 200 Å². The molecule has 0 aliphatic carbocycles. The number of carbonyl (C=O) groups is 1. The van der Waals surface area contributed by atoms with Crippen LogP contribution < -0.4 is 10.1 Å². The number of hydrogen-bond acceptors (Lipinski definition) is 6. The van der Waals surface area contributed by atoms with E-state index in [1.807, 2.05) is 42.8 Å². The maximum Gasteiger partial charge on any atom is 0.291 e. The van der Waals surface area contributed by atoms with Gasteiger partial charge in [0.2, 0.25) is 0 Å². The number of hydrogen-bond donors (Lipinski definition) is 1. The number of rotatable bonds is 8. The molecule has 9 nitrogen and oxygen atoms in total. The summed E-state index contributed by atoms with van der Waals surface area (Å²) < 4.78 is 13.0. The lowest BCUT2D eigenvalue weighted by Crippen LogP contribution is -2.12. The van der Waals surface area contributed by atoms with Crippen LogP contribution in [-0.4, -0.2) is 20.6 Å². The Morgan fingerprint density at radius 3 is 2.65 bits per heavy atom. The number of aryl methyl sites for hydroxylation is 1. The minimum absolute atomic E-state index is 0.0224. The number of carbonyl (C=O) groups excluding carboxylic acids is 1. The van der Waals surface area contributed by atoms with Crippen molar-refractivity contribution in [2.75, 3.05) is 5.32 Å². The van der Waals surface area contributed by atoms with Gasteiger partial charge in [-0.05, 0) is 55.8 Å². The average molecular weight is 481 g/mol. The van der Waals surface area contributed by atoms with Crippen LogP contribution in [0.3, 0.4) is 0 Å². The minimum atomic E-state index is -0.481. The fraction of sp³-hybridized carbons (Fsp3) is 0.167. The molecule has 0 unspecified atom stereocenters. The van der Waals surface area contributed by atoms with Gasteiger partial charge in [-0.25, -0.2) is 0 Å². The van der Waals surface area contributed by atoms with Gasteiger partial charge in [-0.15, -0.1) is 0 Å². The first-order valence-electron chi connectivity index (χ1n) is 10.4. The van der Waals surface area contributed by atoms with Crippen LogP contribution in [0.4, 0.5) is 11.4 Å². The largest absolute Gasteiger partial charge is 0.486 e. The fourth-order valence-electron chi connectivity index (χ4n) is 3.41. The monoisotopic (exact) mass is 480 g/mol. The lowest BCUT2D eigenvalue weighted by atomic mass is 10.2. The van der Waals surface area contributed by atoms with Gasteiger partial charge in [-0.3, -0.25) is 19.6 Å². The average Bonchev–Trinajstić information content (AvgIpc) is 3.38. The molecule has 2 aromatic heterocycles. The summed E-state index contributed by atoms with van der Waals surface area (Å²) in [6.07, 6.45) is 0. The van der Waals surface area contributed by atoms with Crippen LogP contribution in [0, 0.1) is 24.0 Å². The second kappa shape index (κ2) is 9.80. The van der Waals surface area contributed by atoms with Crippen molar-refractivity contribution in [3.05, 3.63) is 104 Å². The Bertz CT molecular complexity index is 1340. The summed E-state index contributed by atoms with van der Waals surface area (Å²) in [6.45, 7) is 4.29. The van der Waals surface area contributed by atoms with Gasteiger partial charge < -0.3 is 14.5 Å². The molecular weight excluding hydrogens is 460 g/mol. The van der Waals surface area contributed by atoms with E-state index in [1.54, 1.807) is 12.1 Å². The first-order chi connectivity index (χ1) is 16.3. The second-order valence-corrected chi connectivity index (χ2v) is 8.03. The molecule has 4 aromatic rings. The van der Waals surface area contributed by atoms with E-state index in [4.69, 9.17) is 20.8 Å². The molecule has 10 heteroatoms. The van der Waals surface area contributed by atoms with Gasteiger partial charge in [-0.2, -0.15) is 5.10 Å². The number of benzene rings is 2. The Hall–Kier alpha value is -4.11. The van der Waals surface area contributed by atoms with Gasteiger partial charge in [-0.1, -0.05) is 23.7 Å². The van der Waals surface area contributed by atoms with E-state index in [0.29, 0.717) is 34.5 Å². The minimum Gasteiger partial charge on any atom is -0.486 e. The molecule has 174 valence electrons. The number of aromatic nitrogens is 2. The summed E-state index contributed by atoms with van der Waals surface area (Å²) >= 11 is 6.07. The molecule has 0 radical (unpaired) electrons. The maximum absolute atomic E-state index is 12.8. The number of halogens is 1. The zero-order valence-electron chi connectivity index (χ0n) is 18.4.